The monoisotopic (exact) mass is 339 g/mol. The first-order valence-corrected chi connectivity index (χ1v) is 6.72. The third-order valence-electron chi connectivity index (χ3n) is 2.87. The second kappa shape index (κ2) is 4.78. The van der Waals surface area contributed by atoms with Crippen LogP contribution in [0.15, 0.2) is 0 Å². The standard InChI is InChI=1S/C11H22IN3O/c1-10(2,13)9(16)14-5-7-15(8-6-14)11(3,4)12/h5-8,13H2,1-4H3. The lowest BCUT2D eigenvalue weighted by Crippen LogP contribution is -2.59. The summed E-state index contributed by atoms with van der Waals surface area (Å²) in [6, 6.07) is 0. The predicted octanol–water partition coefficient (Wildman–Crippen LogP) is 1.04. The molecule has 1 aliphatic rings. The first-order valence-electron chi connectivity index (χ1n) is 5.64. The van der Waals surface area contributed by atoms with Crippen molar-refractivity contribution in [1.82, 2.24) is 9.80 Å². The van der Waals surface area contributed by atoms with Crippen molar-refractivity contribution in [2.24, 2.45) is 5.73 Å². The van der Waals surface area contributed by atoms with Crippen molar-refractivity contribution in [1.29, 1.82) is 0 Å². The molecule has 1 fully saturated rings. The van der Waals surface area contributed by atoms with Crippen LogP contribution in [0, 0.1) is 0 Å². The smallest absolute Gasteiger partial charge is 0.242 e. The molecule has 1 aliphatic heterocycles. The van der Waals surface area contributed by atoms with E-state index < -0.39 is 5.54 Å². The molecule has 0 aromatic rings. The summed E-state index contributed by atoms with van der Waals surface area (Å²) in [4.78, 5) is 16.2. The van der Waals surface area contributed by atoms with Gasteiger partial charge in [0.2, 0.25) is 5.91 Å². The van der Waals surface area contributed by atoms with E-state index in [1.807, 2.05) is 4.90 Å². The van der Waals surface area contributed by atoms with Gasteiger partial charge in [0, 0.05) is 26.2 Å². The van der Waals surface area contributed by atoms with Gasteiger partial charge >= 0.3 is 0 Å². The van der Waals surface area contributed by atoms with E-state index in [1.54, 1.807) is 13.8 Å². The van der Waals surface area contributed by atoms with Gasteiger partial charge in [0.15, 0.2) is 0 Å². The third kappa shape index (κ3) is 3.56. The van der Waals surface area contributed by atoms with E-state index in [0.717, 1.165) is 26.2 Å². The fraction of sp³-hybridized carbons (Fsp3) is 0.909. The highest BCUT2D eigenvalue weighted by Crippen LogP contribution is 2.24. The van der Waals surface area contributed by atoms with Crippen molar-refractivity contribution in [3.8, 4) is 0 Å². The van der Waals surface area contributed by atoms with Crippen molar-refractivity contribution in [3.05, 3.63) is 0 Å². The number of nitrogens with zero attached hydrogens (tertiary/aromatic N) is 2. The Kier molecular flexibility index (Phi) is 4.23. The number of amides is 1. The van der Waals surface area contributed by atoms with Crippen LogP contribution >= 0.6 is 22.6 Å². The zero-order chi connectivity index (χ0) is 12.6. The molecule has 4 nitrogen and oxygen atoms in total. The highest BCUT2D eigenvalue weighted by molar-refractivity contribution is 14.1. The molecular formula is C11H22IN3O. The van der Waals surface area contributed by atoms with E-state index in [2.05, 4.69) is 41.3 Å². The Morgan fingerprint density at radius 3 is 1.88 bits per heavy atom. The van der Waals surface area contributed by atoms with Gasteiger partial charge in [0.05, 0.1) is 9.08 Å². The number of rotatable bonds is 2. The molecule has 0 aromatic heterocycles. The third-order valence-corrected chi connectivity index (χ3v) is 3.55. The summed E-state index contributed by atoms with van der Waals surface area (Å²) in [6.07, 6.45) is 0. The fourth-order valence-electron chi connectivity index (χ4n) is 1.85. The fourth-order valence-corrected chi connectivity index (χ4v) is 2.33. The van der Waals surface area contributed by atoms with Gasteiger partial charge in [-0.25, -0.2) is 0 Å². The van der Waals surface area contributed by atoms with Crippen LogP contribution in [0.25, 0.3) is 0 Å². The number of carbonyl (C=O) groups excluding carboxylic acids is 1. The number of nitrogens with two attached hydrogens (primary N) is 1. The van der Waals surface area contributed by atoms with Gasteiger partial charge in [0.1, 0.15) is 0 Å². The summed E-state index contributed by atoms with van der Waals surface area (Å²) < 4.78 is 0.158. The highest BCUT2D eigenvalue weighted by Gasteiger charge is 2.33. The van der Waals surface area contributed by atoms with Gasteiger partial charge in [0.25, 0.3) is 0 Å². The van der Waals surface area contributed by atoms with Crippen LogP contribution < -0.4 is 5.73 Å². The summed E-state index contributed by atoms with van der Waals surface area (Å²) in [5.41, 5.74) is 5.08. The largest absolute Gasteiger partial charge is 0.339 e. The number of hydrogen-bond acceptors (Lipinski definition) is 3. The molecule has 1 heterocycles. The van der Waals surface area contributed by atoms with Gasteiger partial charge in [-0.1, -0.05) is 22.6 Å². The summed E-state index contributed by atoms with van der Waals surface area (Å²) in [7, 11) is 0. The summed E-state index contributed by atoms with van der Waals surface area (Å²) >= 11 is 2.43. The van der Waals surface area contributed by atoms with Gasteiger partial charge in [-0.05, 0) is 27.7 Å². The second-order valence-electron chi connectivity index (χ2n) is 5.41. The molecule has 0 spiro atoms. The van der Waals surface area contributed by atoms with Crippen LogP contribution in [0.2, 0.25) is 0 Å². The number of halogens is 1. The number of carbonyl (C=O) groups is 1. The lowest BCUT2D eigenvalue weighted by atomic mass is 10.0. The molecule has 5 heteroatoms. The topological polar surface area (TPSA) is 49.6 Å². The first-order chi connectivity index (χ1) is 7.12. The van der Waals surface area contributed by atoms with Crippen LogP contribution in [0.5, 0.6) is 0 Å². The SMILES string of the molecule is CC(C)(N)C(=O)N1CCN(C(C)(C)I)CC1. The minimum atomic E-state index is -0.748. The van der Waals surface area contributed by atoms with Crippen LogP contribution in [0.1, 0.15) is 27.7 Å². The maximum Gasteiger partial charge on any atom is 0.242 e. The Labute approximate surface area is 112 Å². The van der Waals surface area contributed by atoms with Crippen LogP contribution in [0.3, 0.4) is 0 Å². The van der Waals surface area contributed by atoms with E-state index >= 15 is 0 Å². The van der Waals surface area contributed by atoms with Crippen LogP contribution in [0.4, 0.5) is 0 Å². The van der Waals surface area contributed by atoms with Crippen LogP contribution in [-0.4, -0.2) is 51.0 Å². The van der Waals surface area contributed by atoms with Crippen molar-refractivity contribution in [2.75, 3.05) is 26.2 Å². The number of piperazine rings is 1. The molecule has 94 valence electrons. The Hall–Kier alpha value is 0.120. The molecule has 0 radical (unpaired) electrons. The second-order valence-corrected chi connectivity index (χ2v) is 8.05. The van der Waals surface area contributed by atoms with Gasteiger partial charge in [-0.2, -0.15) is 0 Å². The van der Waals surface area contributed by atoms with Crippen molar-refractivity contribution < 1.29 is 4.79 Å². The predicted molar refractivity (Wildman–Crippen MR) is 74.5 cm³/mol. The van der Waals surface area contributed by atoms with E-state index in [-0.39, 0.29) is 9.45 Å². The molecule has 0 unspecified atom stereocenters. The highest BCUT2D eigenvalue weighted by atomic mass is 127. The maximum absolute atomic E-state index is 12.0. The van der Waals surface area contributed by atoms with Crippen molar-refractivity contribution in [3.63, 3.8) is 0 Å². The van der Waals surface area contributed by atoms with Crippen molar-refractivity contribution in [2.45, 2.75) is 36.8 Å². The average molecular weight is 339 g/mol. The molecule has 1 amide bonds. The van der Waals surface area contributed by atoms with Crippen LogP contribution in [-0.2, 0) is 4.79 Å². The molecule has 0 saturated carbocycles. The Morgan fingerprint density at radius 2 is 1.56 bits per heavy atom. The Bertz CT molecular complexity index is 259. The molecule has 0 aliphatic carbocycles. The first kappa shape index (κ1) is 14.2. The minimum Gasteiger partial charge on any atom is -0.339 e. The lowest BCUT2D eigenvalue weighted by molar-refractivity contribution is -0.137. The summed E-state index contributed by atoms with van der Waals surface area (Å²) in [6.45, 7) is 11.3. The van der Waals surface area contributed by atoms with Gasteiger partial charge < -0.3 is 10.6 Å². The van der Waals surface area contributed by atoms with Gasteiger partial charge in [-0.15, -0.1) is 0 Å². The Morgan fingerprint density at radius 1 is 1.12 bits per heavy atom. The van der Waals surface area contributed by atoms with E-state index in [0.29, 0.717) is 0 Å². The zero-order valence-corrected chi connectivity index (χ0v) is 12.7. The minimum absolute atomic E-state index is 0.0541. The van der Waals surface area contributed by atoms with Crippen molar-refractivity contribution >= 4 is 28.5 Å². The zero-order valence-electron chi connectivity index (χ0n) is 10.6. The lowest BCUT2D eigenvalue weighted by Gasteiger charge is -2.42. The summed E-state index contributed by atoms with van der Waals surface area (Å²) in [5.74, 6) is 0.0541. The molecule has 0 atom stereocenters. The number of hydrogen-bond donors (Lipinski definition) is 1. The molecule has 0 bridgehead atoms. The average Bonchev–Trinajstić information content (AvgIpc) is 2.14. The van der Waals surface area contributed by atoms with E-state index in [9.17, 15) is 4.79 Å². The molecule has 2 N–H and O–H groups in total. The molecule has 1 saturated heterocycles. The van der Waals surface area contributed by atoms with E-state index in [4.69, 9.17) is 5.73 Å². The quantitative estimate of drug-likeness (QED) is 0.465. The molecule has 1 rings (SSSR count). The maximum atomic E-state index is 12.0. The molecule has 0 aromatic carbocycles. The Balaban J connectivity index is 2.53. The summed E-state index contributed by atoms with van der Waals surface area (Å²) in [5, 5.41) is 0. The number of alkyl halides is 1. The van der Waals surface area contributed by atoms with Gasteiger partial charge in [-0.3, -0.25) is 9.69 Å². The molecule has 16 heavy (non-hydrogen) atoms. The van der Waals surface area contributed by atoms with E-state index in [1.165, 1.54) is 0 Å². The normalized spacial score (nSPS) is 20.0. The molecular weight excluding hydrogens is 317 g/mol.